The molecule has 132 valence electrons. The zero-order valence-corrected chi connectivity index (χ0v) is 13.8. The molecule has 0 saturated heterocycles. The number of hydrogen-bond acceptors (Lipinski definition) is 4. The molecule has 1 aliphatic heterocycles. The first-order chi connectivity index (χ1) is 12.4. The van der Waals surface area contributed by atoms with E-state index in [0.29, 0.717) is 6.54 Å². The van der Waals surface area contributed by atoms with E-state index in [1.807, 2.05) is 24.3 Å². The van der Waals surface area contributed by atoms with Crippen LogP contribution in [0.15, 0.2) is 42.5 Å². The summed E-state index contributed by atoms with van der Waals surface area (Å²) in [5, 5.41) is 20.3. The molecule has 0 aromatic heterocycles. The first-order valence-electron chi connectivity index (χ1n) is 8.35. The predicted molar refractivity (Wildman–Crippen MR) is 93.7 cm³/mol. The number of amides is 1. The van der Waals surface area contributed by atoms with Crippen LogP contribution in [-0.2, 0) is 5.41 Å². The van der Waals surface area contributed by atoms with Gasteiger partial charge in [-0.3, -0.25) is 14.9 Å². The van der Waals surface area contributed by atoms with E-state index in [1.165, 1.54) is 6.07 Å². The number of carbonyl (C=O) groups excluding carboxylic acids is 1. The molecule has 1 heterocycles. The molecule has 1 aliphatic carbocycles. The van der Waals surface area contributed by atoms with E-state index in [0.717, 1.165) is 42.6 Å². The predicted octanol–water partition coefficient (Wildman–Crippen LogP) is 3.38. The van der Waals surface area contributed by atoms with Gasteiger partial charge in [-0.15, -0.1) is 0 Å². The quantitative estimate of drug-likeness (QED) is 0.674. The highest BCUT2D eigenvalue weighted by Crippen LogP contribution is 2.52. The minimum Gasteiger partial charge on any atom is -0.478 e. The number of aromatic carboxylic acids is 1. The Kier molecular flexibility index (Phi) is 3.54. The molecule has 2 aliphatic rings. The van der Waals surface area contributed by atoms with Gasteiger partial charge >= 0.3 is 5.97 Å². The van der Waals surface area contributed by atoms with Gasteiger partial charge in [0.05, 0.1) is 10.5 Å². The Morgan fingerprint density at radius 2 is 1.81 bits per heavy atom. The van der Waals surface area contributed by atoms with Gasteiger partial charge in [-0.25, -0.2) is 4.79 Å². The SMILES string of the molecule is O=C(O)c1cc(C(=O)N2CC3(CCC3)c3ccccc32)cc([N+](=O)[O-])c1. The van der Waals surface area contributed by atoms with Crippen molar-refractivity contribution in [1.82, 2.24) is 0 Å². The van der Waals surface area contributed by atoms with Gasteiger partial charge in [0.2, 0.25) is 0 Å². The third kappa shape index (κ3) is 2.35. The Bertz CT molecular complexity index is 916. The number of nitro benzene ring substituents is 1. The Morgan fingerprint density at radius 1 is 1.12 bits per heavy atom. The molecule has 0 bridgehead atoms. The van der Waals surface area contributed by atoms with Crippen molar-refractivity contribution >= 4 is 23.3 Å². The molecular formula is C19H16N2O5. The van der Waals surface area contributed by atoms with E-state index < -0.39 is 22.5 Å². The smallest absolute Gasteiger partial charge is 0.335 e. The van der Waals surface area contributed by atoms with E-state index in [-0.39, 0.29) is 16.5 Å². The molecule has 1 saturated carbocycles. The van der Waals surface area contributed by atoms with Crippen molar-refractivity contribution in [2.45, 2.75) is 24.7 Å². The molecule has 1 fully saturated rings. The minimum absolute atomic E-state index is 0.0165. The van der Waals surface area contributed by atoms with Crippen LogP contribution in [0.4, 0.5) is 11.4 Å². The molecule has 2 aromatic carbocycles. The summed E-state index contributed by atoms with van der Waals surface area (Å²) in [5.74, 6) is -1.72. The maximum absolute atomic E-state index is 13.1. The van der Waals surface area contributed by atoms with E-state index in [2.05, 4.69) is 0 Å². The average molecular weight is 352 g/mol. The molecule has 0 radical (unpaired) electrons. The second kappa shape index (κ2) is 5.66. The molecule has 7 nitrogen and oxygen atoms in total. The van der Waals surface area contributed by atoms with Crippen LogP contribution in [0, 0.1) is 10.1 Å². The molecule has 1 amide bonds. The van der Waals surface area contributed by atoms with Crippen LogP contribution in [0.5, 0.6) is 0 Å². The van der Waals surface area contributed by atoms with Crippen LogP contribution in [-0.4, -0.2) is 28.5 Å². The van der Waals surface area contributed by atoms with Crippen LogP contribution >= 0.6 is 0 Å². The fraction of sp³-hybridized carbons (Fsp3) is 0.263. The summed E-state index contributed by atoms with van der Waals surface area (Å²) in [6.45, 7) is 0.524. The minimum atomic E-state index is -1.31. The zero-order valence-electron chi connectivity index (χ0n) is 13.8. The molecule has 2 aromatic rings. The number of nitro groups is 1. The monoisotopic (exact) mass is 352 g/mol. The lowest BCUT2D eigenvalue weighted by Gasteiger charge is -2.38. The summed E-state index contributed by atoms with van der Waals surface area (Å²) in [6, 6.07) is 11.0. The Balaban J connectivity index is 1.77. The van der Waals surface area contributed by atoms with Crippen molar-refractivity contribution in [2.75, 3.05) is 11.4 Å². The van der Waals surface area contributed by atoms with Gasteiger partial charge in [-0.1, -0.05) is 24.6 Å². The Labute approximate surface area is 149 Å². The van der Waals surface area contributed by atoms with Crippen molar-refractivity contribution < 1.29 is 19.6 Å². The zero-order chi connectivity index (χ0) is 18.5. The molecule has 26 heavy (non-hydrogen) atoms. The van der Waals surface area contributed by atoms with Crippen LogP contribution in [0.25, 0.3) is 0 Å². The maximum atomic E-state index is 13.1. The summed E-state index contributed by atoms with van der Waals surface area (Å²) in [5.41, 5.74) is 1.24. The number of hydrogen-bond donors (Lipinski definition) is 1. The number of nitrogens with zero attached hydrogens (tertiary/aromatic N) is 2. The van der Waals surface area contributed by atoms with Crippen molar-refractivity contribution in [3.63, 3.8) is 0 Å². The number of rotatable bonds is 3. The average Bonchev–Trinajstić information content (AvgIpc) is 2.96. The van der Waals surface area contributed by atoms with Crippen molar-refractivity contribution in [2.24, 2.45) is 0 Å². The summed E-state index contributed by atoms with van der Waals surface area (Å²) in [6.07, 6.45) is 3.11. The van der Waals surface area contributed by atoms with Crippen molar-refractivity contribution in [3.8, 4) is 0 Å². The van der Waals surface area contributed by atoms with E-state index >= 15 is 0 Å². The number of carbonyl (C=O) groups is 2. The van der Waals surface area contributed by atoms with Gasteiger partial charge < -0.3 is 10.0 Å². The number of fused-ring (bicyclic) bond motifs is 2. The maximum Gasteiger partial charge on any atom is 0.335 e. The second-order valence-electron chi connectivity index (χ2n) is 6.87. The fourth-order valence-electron chi connectivity index (χ4n) is 3.96. The normalized spacial score (nSPS) is 16.8. The second-order valence-corrected chi connectivity index (χ2v) is 6.87. The number of carboxylic acids is 1. The molecule has 0 atom stereocenters. The van der Waals surface area contributed by atoms with E-state index in [1.54, 1.807) is 4.90 Å². The van der Waals surface area contributed by atoms with E-state index in [4.69, 9.17) is 0 Å². The van der Waals surface area contributed by atoms with Gasteiger partial charge in [0.1, 0.15) is 0 Å². The highest BCUT2D eigenvalue weighted by atomic mass is 16.6. The number of carboxylic acid groups (broad SMARTS) is 1. The number of para-hydroxylation sites is 1. The molecular weight excluding hydrogens is 336 g/mol. The third-order valence-electron chi connectivity index (χ3n) is 5.41. The highest BCUT2D eigenvalue weighted by molar-refractivity contribution is 6.09. The topological polar surface area (TPSA) is 101 Å². The molecule has 7 heteroatoms. The number of benzene rings is 2. The van der Waals surface area contributed by atoms with Gasteiger partial charge in [-0.05, 0) is 30.5 Å². The molecule has 0 unspecified atom stereocenters. The van der Waals surface area contributed by atoms with Gasteiger partial charge in [0, 0.05) is 35.3 Å². The Hall–Kier alpha value is -3.22. The van der Waals surface area contributed by atoms with E-state index in [9.17, 15) is 24.8 Å². The van der Waals surface area contributed by atoms with Crippen LogP contribution in [0.3, 0.4) is 0 Å². The molecule has 1 spiro atoms. The first kappa shape index (κ1) is 16.3. The third-order valence-corrected chi connectivity index (χ3v) is 5.41. The standard InChI is InChI=1S/C19H16N2O5/c22-17(12-8-13(18(23)24)10-14(9-12)21(25)26)20-11-19(6-3-7-19)15-4-1-2-5-16(15)20/h1-2,4-5,8-10H,3,6-7,11H2,(H,23,24). The molecule has 1 N–H and O–H groups in total. The van der Waals surface area contributed by atoms with Crippen molar-refractivity contribution in [3.05, 3.63) is 69.3 Å². The highest BCUT2D eigenvalue weighted by Gasteiger charge is 2.48. The Morgan fingerprint density at radius 3 is 2.42 bits per heavy atom. The number of non-ortho nitro benzene ring substituents is 1. The van der Waals surface area contributed by atoms with Crippen LogP contribution < -0.4 is 4.90 Å². The number of anilines is 1. The molecule has 4 rings (SSSR count). The van der Waals surface area contributed by atoms with Crippen molar-refractivity contribution in [1.29, 1.82) is 0 Å². The van der Waals surface area contributed by atoms with Crippen LogP contribution in [0.1, 0.15) is 45.5 Å². The first-order valence-corrected chi connectivity index (χ1v) is 8.35. The summed E-state index contributed by atoms with van der Waals surface area (Å²) in [4.78, 5) is 36.4. The summed E-state index contributed by atoms with van der Waals surface area (Å²) in [7, 11) is 0. The fourth-order valence-corrected chi connectivity index (χ4v) is 3.96. The summed E-state index contributed by atoms with van der Waals surface area (Å²) < 4.78 is 0. The lowest BCUT2D eigenvalue weighted by Crippen LogP contribution is -2.41. The van der Waals surface area contributed by atoms with Crippen LogP contribution in [0.2, 0.25) is 0 Å². The summed E-state index contributed by atoms with van der Waals surface area (Å²) >= 11 is 0. The lowest BCUT2D eigenvalue weighted by molar-refractivity contribution is -0.384. The van der Waals surface area contributed by atoms with Gasteiger partial charge in [0.25, 0.3) is 11.6 Å². The van der Waals surface area contributed by atoms with Gasteiger partial charge in [-0.2, -0.15) is 0 Å². The largest absolute Gasteiger partial charge is 0.478 e. The lowest BCUT2D eigenvalue weighted by atomic mass is 9.66. The van der Waals surface area contributed by atoms with Gasteiger partial charge in [0.15, 0.2) is 0 Å².